The lowest BCUT2D eigenvalue weighted by Crippen LogP contribution is -2.31. The topological polar surface area (TPSA) is 12.0 Å². The second-order valence-corrected chi connectivity index (χ2v) is 4.75. The Morgan fingerprint density at radius 2 is 1.87 bits per heavy atom. The molecule has 1 aromatic carbocycles. The molecule has 0 heterocycles. The second kappa shape index (κ2) is 5.92. The summed E-state index contributed by atoms with van der Waals surface area (Å²) in [6, 6.07) is 10.8. The molecule has 15 heavy (non-hydrogen) atoms. The number of hydrogen-bond donors (Lipinski definition) is 1. The molecule has 1 nitrogen and oxygen atoms in total. The number of benzene rings is 1. The van der Waals surface area contributed by atoms with Gasteiger partial charge in [-0.2, -0.15) is 0 Å². The molecule has 0 saturated carbocycles. The Morgan fingerprint density at radius 3 is 2.40 bits per heavy atom. The summed E-state index contributed by atoms with van der Waals surface area (Å²) in [7, 11) is 2.04. The Morgan fingerprint density at radius 1 is 1.20 bits per heavy atom. The summed E-state index contributed by atoms with van der Waals surface area (Å²) in [6.07, 6.45) is 3.70. The van der Waals surface area contributed by atoms with Crippen molar-refractivity contribution < 1.29 is 0 Å². The van der Waals surface area contributed by atoms with E-state index in [1.165, 1.54) is 24.8 Å². The average molecular weight is 205 g/mol. The van der Waals surface area contributed by atoms with Crippen molar-refractivity contribution in [2.75, 3.05) is 13.6 Å². The van der Waals surface area contributed by atoms with Crippen LogP contribution in [0.5, 0.6) is 0 Å². The van der Waals surface area contributed by atoms with Crippen molar-refractivity contribution >= 4 is 0 Å². The molecule has 0 saturated heterocycles. The van der Waals surface area contributed by atoms with E-state index in [1.807, 2.05) is 7.05 Å². The van der Waals surface area contributed by atoms with E-state index in [0.717, 1.165) is 6.54 Å². The first-order chi connectivity index (χ1) is 7.20. The molecular formula is C14H23N. The maximum absolute atomic E-state index is 3.31. The molecule has 1 atom stereocenters. The molecule has 0 bridgehead atoms. The number of hydrogen-bond acceptors (Lipinski definition) is 1. The van der Waals surface area contributed by atoms with Crippen molar-refractivity contribution in [1.82, 2.24) is 5.32 Å². The maximum Gasteiger partial charge on any atom is 0.000534 e. The molecular weight excluding hydrogens is 182 g/mol. The molecule has 0 aromatic heterocycles. The normalized spacial score (nSPS) is 14.9. The van der Waals surface area contributed by atoms with Gasteiger partial charge in [0.05, 0.1) is 0 Å². The van der Waals surface area contributed by atoms with E-state index in [9.17, 15) is 0 Å². The van der Waals surface area contributed by atoms with Gasteiger partial charge in [-0.25, -0.2) is 0 Å². The van der Waals surface area contributed by atoms with Crippen LogP contribution in [-0.2, 0) is 6.42 Å². The lowest BCUT2D eigenvalue weighted by molar-refractivity contribution is 0.283. The van der Waals surface area contributed by atoms with Gasteiger partial charge in [-0.15, -0.1) is 0 Å². The quantitative estimate of drug-likeness (QED) is 0.751. The highest BCUT2D eigenvalue weighted by molar-refractivity contribution is 5.16. The largest absolute Gasteiger partial charge is 0.319 e. The van der Waals surface area contributed by atoms with Gasteiger partial charge in [0, 0.05) is 6.54 Å². The van der Waals surface area contributed by atoms with Crippen LogP contribution in [0.3, 0.4) is 0 Å². The summed E-state index contributed by atoms with van der Waals surface area (Å²) in [5, 5.41) is 3.31. The highest BCUT2D eigenvalue weighted by Gasteiger charge is 2.22. The summed E-state index contributed by atoms with van der Waals surface area (Å²) in [6.45, 7) is 5.73. The van der Waals surface area contributed by atoms with Crippen molar-refractivity contribution in [2.24, 2.45) is 5.41 Å². The zero-order valence-electron chi connectivity index (χ0n) is 10.2. The summed E-state index contributed by atoms with van der Waals surface area (Å²) in [5.41, 5.74) is 1.84. The third kappa shape index (κ3) is 4.05. The zero-order chi connectivity index (χ0) is 11.1. The van der Waals surface area contributed by atoms with Gasteiger partial charge in [0.1, 0.15) is 0 Å². The Kier molecular flexibility index (Phi) is 4.83. The van der Waals surface area contributed by atoms with Crippen LogP contribution in [-0.4, -0.2) is 13.6 Å². The van der Waals surface area contributed by atoms with Crippen LogP contribution in [0.4, 0.5) is 0 Å². The molecule has 1 N–H and O–H groups in total. The van der Waals surface area contributed by atoms with E-state index < -0.39 is 0 Å². The lowest BCUT2D eigenvalue weighted by atomic mass is 9.79. The molecule has 0 aliphatic carbocycles. The van der Waals surface area contributed by atoms with Crippen LogP contribution in [0.2, 0.25) is 0 Å². The van der Waals surface area contributed by atoms with E-state index in [2.05, 4.69) is 49.5 Å². The van der Waals surface area contributed by atoms with Crippen LogP contribution >= 0.6 is 0 Å². The van der Waals surface area contributed by atoms with Crippen LogP contribution in [0.1, 0.15) is 32.3 Å². The lowest BCUT2D eigenvalue weighted by Gasteiger charge is -2.29. The van der Waals surface area contributed by atoms with Gasteiger partial charge in [-0.05, 0) is 30.9 Å². The van der Waals surface area contributed by atoms with E-state index in [1.54, 1.807) is 0 Å². The highest BCUT2D eigenvalue weighted by Crippen LogP contribution is 2.27. The second-order valence-electron chi connectivity index (χ2n) is 4.75. The van der Waals surface area contributed by atoms with Gasteiger partial charge in [0.2, 0.25) is 0 Å². The Hall–Kier alpha value is -0.820. The molecule has 0 amide bonds. The SMILES string of the molecule is CCCC(C)(CNC)Cc1ccccc1. The Bertz CT molecular complexity index is 260. The Labute approximate surface area is 93.9 Å². The fourth-order valence-electron chi connectivity index (χ4n) is 2.36. The smallest absolute Gasteiger partial charge is 0.000534 e. The minimum atomic E-state index is 0.394. The summed E-state index contributed by atoms with van der Waals surface area (Å²) in [4.78, 5) is 0. The summed E-state index contributed by atoms with van der Waals surface area (Å²) < 4.78 is 0. The Balaban J connectivity index is 2.66. The molecule has 1 aromatic rings. The van der Waals surface area contributed by atoms with Crippen molar-refractivity contribution in [3.8, 4) is 0 Å². The van der Waals surface area contributed by atoms with Crippen LogP contribution in [0.25, 0.3) is 0 Å². The van der Waals surface area contributed by atoms with E-state index in [0.29, 0.717) is 5.41 Å². The highest BCUT2D eigenvalue weighted by atomic mass is 14.8. The third-order valence-electron chi connectivity index (χ3n) is 2.93. The minimum Gasteiger partial charge on any atom is -0.319 e. The molecule has 0 aliphatic rings. The predicted molar refractivity (Wildman–Crippen MR) is 67.1 cm³/mol. The monoisotopic (exact) mass is 205 g/mol. The molecule has 0 spiro atoms. The van der Waals surface area contributed by atoms with Gasteiger partial charge in [0.25, 0.3) is 0 Å². The van der Waals surface area contributed by atoms with Crippen LogP contribution in [0.15, 0.2) is 30.3 Å². The maximum atomic E-state index is 3.31. The zero-order valence-corrected chi connectivity index (χ0v) is 10.2. The molecule has 1 rings (SSSR count). The fourth-order valence-corrected chi connectivity index (χ4v) is 2.36. The first-order valence-corrected chi connectivity index (χ1v) is 5.89. The average Bonchev–Trinajstić information content (AvgIpc) is 2.19. The minimum absolute atomic E-state index is 0.394. The van der Waals surface area contributed by atoms with Gasteiger partial charge >= 0.3 is 0 Å². The standard InChI is InChI=1S/C14H23N/c1-4-10-14(2,12-15-3)11-13-8-6-5-7-9-13/h5-9,15H,4,10-12H2,1-3H3. The molecule has 1 unspecified atom stereocenters. The van der Waals surface area contributed by atoms with Crippen molar-refractivity contribution in [1.29, 1.82) is 0 Å². The van der Waals surface area contributed by atoms with E-state index >= 15 is 0 Å². The van der Waals surface area contributed by atoms with Crippen molar-refractivity contribution in [2.45, 2.75) is 33.1 Å². The van der Waals surface area contributed by atoms with Crippen LogP contribution in [0, 0.1) is 5.41 Å². The molecule has 1 heteroatoms. The van der Waals surface area contributed by atoms with Crippen LogP contribution < -0.4 is 5.32 Å². The van der Waals surface area contributed by atoms with Gasteiger partial charge in [-0.1, -0.05) is 50.6 Å². The summed E-state index contributed by atoms with van der Waals surface area (Å²) in [5.74, 6) is 0. The summed E-state index contributed by atoms with van der Waals surface area (Å²) >= 11 is 0. The van der Waals surface area contributed by atoms with Gasteiger partial charge < -0.3 is 5.32 Å². The predicted octanol–water partition coefficient (Wildman–Crippen LogP) is 3.25. The fraction of sp³-hybridized carbons (Fsp3) is 0.571. The van der Waals surface area contributed by atoms with E-state index in [-0.39, 0.29) is 0 Å². The first-order valence-electron chi connectivity index (χ1n) is 5.89. The van der Waals surface area contributed by atoms with Gasteiger partial charge in [0.15, 0.2) is 0 Å². The molecule has 0 fully saturated rings. The van der Waals surface area contributed by atoms with Crippen molar-refractivity contribution in [3.05, 3.63) is 35.9 Å². The molecule has 84 valence electrons. The molecule has 0 radical (unpaired) electrons. The van der Waals surface area contributed by atoms with Crippen molar-refractivity contribution in [3.63, 3.8) is 0 Å². The first kappa shape index (κ1) is 12.3. The van der Waals surface area contributed by atoms with E-state index in [4.69, 9.17) is 0 Å². The number of nitrogens with one attached hydrogen (secondary N) is 1. The number of rotatable bonds is 6. The third-order valence-corrected chi connectivity index (χ3v) is 2.93. The van der Waals surface area contributed by atoms with Gasteiger partial charge in [-0.3, -0.25) is 0 Å². The molecule has 0 aliphatic heterocycles.